The van der Waals surface area contributed by atoms with Crippen molar-refractivity contribution >= 4 is 37.5 Å². The first-order valence-corrected chi connectivity index (χ1v) is 5.16. The Balaban J connectivity index is 2.74. The molecule has 0 aliphatic carbocycles. The highest BCUT2D eigenvalue weighted by atomic mass is 79.9. The summed E-state index contributed by atoms with van der Waals surface area (Å²) in [6, 6.07) is 6.05. The fourth-order valence-corrected chi connectivity index (χ4v) is 2.51. The number of nitrogens with zero attached hydrogens (tertiary/aromatic N) is 1. The lowest BCUT2D eigenvalue weighted by Crippen LogP contribution is -1.93. The van der Waals surface area contributed by atoms with E-state index in [1.807, 2.05) is 12.1 Å². The minimum atomic E-state index is 0.520. The van der Waals surface area contributed by atoms with Crippen molar-refractivity contribution in [2.45, 2.75) is 6.54 Å². The summed E-state index contributed by atoms with van der Waals surface area (Å²) in [5, 5.41) is 0.983. The zero-order chi connectivity index (χ0) is 8.55. The molecule has 12 heavy (non-hydrogen) atoms. The number of nitrogens with two attached hydrogens (primary N) is 1. The zero-order valence-corrected chi connectivity index (χ0v) is 8.65. The Bertz CT molecular complexity index is 410. The van der Waals surface area contributed by atoms with Crippen molar-refractivity contribution in [3.05, 3.63) is 27.7 Å². The zero-order valence-electron chi connectivity index (χ0n) is 6.25. The van der Waals surface area contributed by atoms with Crippen LogP contribution in [0.3, 0.4) is 0 Å². The summed E-state index contributed by atoms with van der Waals surface area (Å²) in [5.41, 5.74) is 6.51. The van der Waals surface area contributed by atoms with Gasteiger partial charge in [0.25, 0.3) is 0 Å². The van der Waals surface area contributed by atoms with Crippen LogP contribution in [0.15, 0.2) is 22.7 Å². The van der Waals surface area contributed by atoms with Gasteiger partial charge in [-0.05, 0) is 28.1 Å². The number of rotatable bonds is 1. The Morgan fingerprint density at radius 2 is 2.33 bits per heavy atom. The Labute approximate surface area is 82.5 Å². The van der Waals surface area contributed by atoms with Crippen molar-refractivity contribution in [1.82, 2.24) is 4.98 Å². The molecule has 2 aromatic rings. The second kappa shape index (κ2) is 3.12. The van der Waals surface area contributed by atoms with Gasteiger partial charge in [0.15, 0.2) is 0 Å². The molecule has 1 aromatic heterocycles. The number of thiazole rings is 1. The van der Waals surface area contributed by atoms with E-state index in [0.29, 0.717) is 6.54 Å². The SMILES string of the molecule is NCc1nc2c(Br)cccc2s1. The molecule has 2 nitrogen and oxygen atoms in total. The average molecular weight is 243 g/mol. The molecule has 0 saturated heterocycles. The van der Waals surface area contributed by atoms with Crippen molar-refractivity contribution < 1.29 is 0 Å². The second-order valence-electron chi connectivity index (χ2n) is 2.40. The quantitative estimate of drug-likeness (QED) is 0.835. The average Bonchev–Trinajstić information content (AvgIpc) is 2.49. The summed E-state index contributed by atoms with van der Waals surface area (Å²) in [6.07, 6.45) is 0. The van der Waals surface area contributed by atoms with Crippen LogP contribution < -0.4 is 5.73 Å². The van der Waals surface area contributed by atoms with Gasteiger partial charge in [0, 0.05) is 11.0 Å². The van der Waals surface area contributed by atoms with Crippen LogP contribution in [-0.4, -0.2) is 4.98 Å². The molecule has 4 heteroatoms. The lowest BCUT2D eigenvalue weighted by molar-refractivity contribution is 1.05. The lowest BCUT2D eigenvalue weighted by Gasteiger charge is -1.88. The molecule has 0 atom stereocenters. The molecule has 1 heterocycles. The van der Waals surface area contributed by atoms with Crippen molar-refractivity contribution in [3.8, 4) is 0 Å². The van der Waals surface area contributed by atoms with E-state index in [2.05, 4.69) is 27.0 Å². The van der Waals surface area contributed by atoms with Gasteiger partial charge in [-0.3, -0.25) is 0 Å². The fourth-order valence-electron chi connectivity index (χ4n) is 1.05. The number of para-hydroxylation sites is 1. The van der Waals surface area contributed by atoms with Crippen molar-refractivity contribution in [2.75, 3.05) is 0 Å². The molecule has 0 unspecified atom stereocenters. The molecule has 1 aromatic carbocycles. The molecule has 0 fully saturated rings. The maximum atomic E-state index is 5.50. The first-order valence-electron chi connectivity index (χ1n) is 3.55. The number of fused-ring (bicyclic) bond motifs is 1. The molecule has 0 radical (unpaired) electrons. The lowest BCUT2D eigenvalue weighted by atomic mass is 10.3. The Kier molecular flexibility index (Phi) is 2.12. The molecule has 62 valence electrons. The molecule has 0 bridgehead atoms. The van der Waals surface area contributed by atoms with Crippen LogP contribution in [0.4, 0.5) is 0 Å². The predicted molar refractivity (Wildman–Crippen MR) is 55.2 cm³/mol. The Hall–Kier alpha value is -0.450. The molecule has 2 N–H and O–H groups in total. The second-order valence-corrected chi connectivity index (χ2v) is 4.37. The molecule has 0 saturated carbocycles. The minimum Gasteiger partial charge on any atom is -0.325 e. The third-order valence-electron chi connectivity index (χ3n) is 1.59. The van der Waals surface area contributed by atoms with Crippen LogP contribution in [-0.2, 0) is 6.54 Å². The van der Waals surface area contributed by atoms with Crippen LogP contribution in [0.5, 0.6) is 0 Å². The van der Waals surface area contributed by atoms with Crippen LogP contribution >= 0.6 is 27.3 Å². The number of aromatic nitrogens is 1. The third-order valence-corrected chi connectivity index (χ3v) is 3.27. The molecule has 0 aliphatic heterocycles. The maximum absolute atomic E-state index is 5.50. The fraction of sp³-hybridized carbons (Fsp3) is 0.125. The van der Waals surface area contributed by atoms with Crippen LogP contribution in [0, 0.1) is 0 Å². The monoisotopic (exact) mass is 242 g/mol. The molecule has 0 amide bonds. The van der Waals surface area contributed by atoms with E-state index < -0.39 is 0 Å². The summed E-state index contributed by atoms with van der Waals surface area (Å²) >= 11 is 5.09. The minimum absolute atomic E-state index is 0.520. The highest BCUT2D eigenvalue weighted by Gasteiger charge is 2.03. The van der Waals surface area contributed by atoms with E-state index in [-0.39, 0.29) is 0 Å². The topological polar surface area (TPSA) is 38.9 Å². The van der Waals surface area contributed by atoms with E-state index in [4.69, 9.17) is 5.73 Å². The van der Waals surface area contributed by atoms with Crippen molar-refractivity contribution in [1.29, 1.82) is 0 Å². The number of hydrogen-bond acceptors (Lipinski definition) is 3. The number of hydrogen-bond donors (Lipinski definition) is 1. The van der Waals surface area contributed by atoms with Gasteiger partial charge < -0.3 is 5.73 Å². The molecule has 2 rings (SSSR count). The first-order chi connectivity index (χ1) is 5.81. The molecule has 0 spiro atoms. The van der Waals surface area contributed by atoms with Gasteiger partial charge in [0.1, 0.15) is 5.01 Å². The van der Waals surface area contributed by atoms with Gasteiger partial charge in [-0.25, -0.2) is 4.98 Å². The summed E-state index contributed by atoms with van der Waals surface area (Å²) in [5.74, 6) is 0. The van der Waals surface area contributed by atoms with Gasteiger partial charge in [-0.1, -0.05) is 6.07 Å². The Morgan fingerprint density at radius 3 is 3.00 bits per heavy atom. The maximum Gasteiger partial charge on any atom is 0.107 e. The highest BCUT2D eigenvalue weighted by molar-refractivity contribution is 9.10. The van der Waals surface area contributed by atoms with E-state index >= 15 is 0 Å². The van der Waals surface area contributed by atoms with Gasteiger partial charge in [-0.15, -0.1) is 11.3 Å². The van der Waals surface area contributed by atoms with E-state index in [9.17, 15) is 0 Å². The van der Waals surface area contributed by atoms with E-state index in [0.717, 1.165) is 15.0 Å². The summed E-state index contributed by atoms with van der Waals surface area (Å²) in [7, 11) is 0. The highest BCUT2D eigenvalue weighted by Crippen LogP contribution is 2.27. The van der Waals surface area contributed by atoms with Gasteiger partial charge in [0.2, 0.25) is 0 Å². The summed E-state index contributed by atoms with van der Waals surface area (Å²) in [4.78, 5) is 4.38. The van der Waals surface area contributed by atoms with E-state index in [1.54, 1.807) is 11.3 Å². The van der Waals surface area contributed by atoms with Crippen molar-refractivity contribution in [2.24, 2.45) is 5.73 Å². The van der Waals surface area contributed by atoms with Crippen molar-refractivity contribution in [3.63, 3.8) is 0 Å². The largest absolute Gasteiger partial charge is 0.325 e. The van der Waals surface area contributed by atoms with E-state index in [1.165, 1.54) is 4.70 Å². The number of halogens is 1. The molecular formula is C8H7BrN2S. The van der Waals surface area contributed by atoms with Gasteiger partial charge >= 0.3 is 0 Å². The standard InChI is InChI=1S/C8H7BrN2S/c9-5-2-1-3-6-8(5)11-7(4-10)12-6/h1-3H,4,10H2. The van der Waals surface area contributed by atoms with Crippen LogP contribution in [0.1, 0.15) is 5.01 Å². The van der Waals surface area contributed by atoms with Crippen LogP contribution in [0.2, 0.25) is 0 Å². The normalized spacial score (nSPS) is 10.8. The van der Waals surface area contributed by atoms with Crippen LogP contribution in [0.25, 0.3) is 10.2 Å². The molecular weight excluding hydrogens is 236 g/mol. The van der Waals surface area contributed by atoms with Gasteiger partial charge in [0.05, 0.1) is 10.2 Å². The summed E-state index contributed by atoms with van der Waals surface area (Å²) < 4.78 is 2.22. The first kappa shape index (κ1) is 8.16. The summed E-state index contributed by atoms with van der Waals surface area (Å²) in [6.45, 7) is 0.520. The number of benzene rings is 1. The Morgan fingerprint density at radius 1 is 1.50 bits per heavy atom. The smallest absolute Gasteiger partial charge is 0.107 e. The van der Waals surface area contributed by atoms with Gasteiger partial charge in [-0.2, -0.15) is 0 Å². The molecule has 0 aliphatic rings. The third kappa shape index (κ3) is 1.26. The predicted octanol–water partition coefficient (Wildman–Crippen LogP) is 2.52.